The van der Waals surface area contributed by atoms with Crippen LogP contribution in [0.1, 0.15) is 19.4 Å². The largest absolute Gasteiger partial charge is 0.476 e. The van der Waals surface area contributed by atoms with Gasteiger partial charge in [-0.05, 0) is 37.6 Å². The minimum Gasteiger partial charge on any atom is -0.476 e. The van der Waals surface area contributed by atoms with Gasteiger partial charge in [0.05, 0.1) is 0 Å². The number of ether oxygens (including phenoxy) is 1. The second-order valence-electron chi connectivity index (χ2n) is 5.03. The number of benzene rings is 1. The molecule has 1 N–H and O–H groups in total. The molecule has 118 valence electrons. The van der Waals surface area contributed by atoms with Crippen molar-refractivity contribution >= 4 is 5.69 Å². The predicted octanol–water partition coefficient (Wildman–Crippen LogP) is 3.10. The topological polar surface area (TPSA) is 37.4 Å². The van der Waals surface area contributed by atoms with Crippen LogP contribution in [0.5, 0.6) is 5.88 Å². The van der Waals surface area contributed by atoms with Crippen LogP contribution in [-0.2, 0) is 6.54 Å². The molecule has 1 aromatic carbocycles. The van der Waals surface area contributed by atoms with Gasteiger partial charge < -0.3 is 15.0 Å². The lowest BCUT2D eigenvalue weighted by Crippen LogP contribution is -2.22. The van der Waals surface area contributed by atoms with E-state index in [1.807, 2.05) is 18.2 Å². The van der Waals surface area contributed by atoms with Crippen LogP contribution >= 0.6 is 0 Å². The molecule has 0 saturated carbocycles. The molecule has 2 rings (SSSR count). The van der Waals surface area contributed by atoms with Gasteiger partial charge in [0.1, 0.15) is 6.61 Å². The third-order valence-electron chi connectivity index (χ3n) is 3.56. The first kappa shape index (κ1) is 16.3. The Bertz CT molecular complexity index is 524. The van der Waals surface area contributed by atoms with Crippen molar-refractivity contribution in [2.24, 2.45) is 0 Å². The molecule has 1 heterocycles. The van der Waals surface area contributed by atoms with Crippen LogP contribution in [0.4, 0.5) is 5.69 Å². The average molecular weight is 299 g/mol. The van der Waals surface area contributed by atoms with Crippen LogP contribution in [0, 0.1) is 0 Å². The maximum Gasteiger partial charge on any atom is 0.213 e. The second kappa shape index (κ2) is 9.05. The number of anilines is 1. The summed E-state index contributed by atoms with van der Waals surface area (Å²) in [6.07, 6.45) is 1.74. The number of hydrogen-bond acceptors (Lipinski definition) is 4. The minimum absolute atomic E-state index is 0.620. The third-order valence-corrected chi connectivity index (χ3v) is 3.56. The van der Waals surface area contributed by atoms with Gasteiger partial charge in [0.25, 0.3) is 0 Å². The number of pyridine rings is 1. The molecule has 0 fully saturated rings. The molecule has 0 unspecified atom stereocenters. The van der Waals surface area contributed by atoms with Gasteiger partial charge in [0.2, 0.25) is 5.88 Å². The van der Waals surface area contributed by atoms with E-state index in [1.54, 1.807) is 6.20 Å². The Morgan fingerprint density at radius 2 is 1.82 bits per heavy atom. The summed E-state index contributed by atoms with van der Waals surface area (Å²) in [5.74, 6) is 0.674. The highest BCUT2D eigenvalue weighted by molar-refractivity contribution is 5.47. The monoisotopic (exact) mass is 299 g/mol. The van der Waals surface area contributed by atoms with Gasteiger partial charge in [0, 0.05) is 44.1 Å². The Balaban J connectivity index is 1.69. The van der Waals surface area contributed by atoms with Gasteiger partial charge >= 0.3 is 0 Å². The predicted molar refractivity (Wildman–Crippen MR) is 91.4 cm³/mol. The number of rotatable bonds is 9. The highest BCUT2D eigenvalue weighted by Gasteiger charge is 2.01. The van der Waals surface area contributed by atoms with Crippen molar-refractivity contribution in [1.29, 1.82) is 0 Å². The molecule has 0 bridgehead atoms. The molecule has 0 spiro atoms. The van der Waals surface area contributed by atoms with E-state index in [4.69, 9.17) is 4.74 Å². The second-order valence-corrected chi connectivity index (χ2v) is 5.03. The fourth-order valence-electron chi connectivity index (χ4n) is 2.31. The molecule has 0 radical (unpaired) electrons. The van der Waals surface area contributed by atoms with E-state index in [0.29, 0.717) is 12.5 Å². The minimum atomic E-state index is 0.620. The molecular weight excluding hydrogens is 274 g/mol. The first-order chi connectivity index (χ1) is 10.8. The van der Waals surface area contributed by atoms with E-state index in [2.05, 4.69) is 53.3 Å². The first-order valence-electron chi connectivity index (χ1n) is 7.92. The SMILES string of the molecule is CCN(CC)c1ccc(CNCCOc2ccccn2)cc1. The smallest absolute Gasteiger partial charge is 0.213 e. The molecule has 0 aliphatic rings. The van der Waals surface area contributed by atoms with E-state index in [9.17, 15) is 0 Å². The van der Waals surface area contributed by atoms with Gasteiger partial charge in [-0.3, -0.25) is 0 Å². The van der Waals surface area contributed by atoms with Crippen molar-refractivity contribution in [3.8, 4) is 5.88 Å². The lowest BCUT2D eigenvalue weighted by Gasteiger charge is -2.21. The molecule has 0 aliphatic carbocycles. The van der Waals surface area contributed by atoms with Gasteiger partial charge in [-0.2, -0.15) is 0 Å². The van der Waals surface area contributed by atoms with Gasteiger partial charge in [-0.15, -0.1) is 0 Å². The summed E-state index contributed by atoms with van der Waals surface area (Å²) in [5.41, 5.74) is 2.57. The average Bonchev–Trinajstić information content (AvgIpc) is 2.58. The van der Waals surface area contributed by atoms with Crippen LogP contribution in [0.2, 0.25) is 0 Å². The van der Waals surface area contributed by atoms with Crippen molar-refractivity contribution in [1.82, 2.24) is 10.3 Å². The fraction of sp³-hybridized carbons (Fsp3) is 0.389. The van der Waals surface area contributed by atoms with E-state index in [-0.39, 0.29) is 0 Å². The quantitative estimate of drug-likeness (QED) is 0.722. The molecule has 22 heavy (non-hydrogen) atoms. The standard InChI is InChI=1S/C18H25N3O/c1-3-21(4-2)17-10-8-16(9-11-17)15-19-13-14-22-18-7-5-6-12-20-18/h5-12,19H,3-4,13-15H2,1-2H3. The zero-order valence-electron chi connectivity index (χ0n) is 13.5. The maximum absolute atomic E-state index is 5.54. The van der Waals surface area contributed by atoms with E-state index in [0.717, 1.165) is 26.2 Å². The van der Waals surface area contributed by atoms with Crippen molar-refractivity contribution < 1.29 is 4.74 Å². The molecule has 4 heteroatoms. The molecule has 1 aromatic heterocycles. The lowest BCUT2D eigenvalue weighted by molar-refractivity contribution is 0.302. The Kier molecular flexibility index (Phi) is 6.71. The molecular formula is C18H25N3O. The van der Waals surface area contributed by atoms with Gasteiger partial charge in [-0.1, -0.05) is 18.2 Å². The number of hydrogen-bond donors (Lipinski definition) is 1. The summed E-state index contributed by atoms with van der Waals surface area (Å²) < 4.78 is 5.54. The Morgan fingerprint density at radius 1 is 1.05 bits per heavy atom. The van der Waals surface area contributed by atoms with E-state index in [1.165, 1.54) is 11.3 Å². The van der Waals surface area contributed by atoms with Crippen LogP contribution in [0.3, 0.4) is 0 Å². The number of nitrogens with zero attached hydrogens (tertiary/aromatic N) is 2. The van der Waals surface area contributed by atoms with Crippen molar-refractivity contribution in [3.05, 3.63) is 54.2 Å². The van der Waals surface area contributed by atoms with Crippen molar-refractivity contribution in [3.63, 3.8) is 0 Å². The summed E-state index contributed by atoms with van der Waals surface area (Å²) in [7, 11) is 0. The molecule has 0 amide bonds. The molecule has 2 aromatic rings. The third kappa shape index (κ3) is 5.04. The summed E-state index contributed by atoms with van der Waals surface area (Å²) in [5, 5.41) is 3.38. The Morgan fingerprint density at radius 3 is 2.45 bits per heavy atom. The highest BCUT2D eigenvalue weighted by Crippen LogP contribution is 2.14. The van der Waals surface area contributed by atoms with E-state index < -0.39 is 0 Å². The summed E-state index contributed by atoms with van der Waals surface area (Å²) in [4.78, 5) is 6.47. The normalized spacial score (nSPS) is 10.5. The first-order valence-corrected chi connectivity index (χ1v) is 7.92. The van der Waals surface area contributed by atoms with Crippen molar-refractivity contribution in [2.45, 2.75) is 20.4 Å². The van der Waals surface area contributed by atoms with Crippen LogP contribution in [0.15, 0.2) is 48.7 Å². The van der Waals surface area contributed by atoms with E-state index >= 15 is 0 Å². The molecule has 0 atom stereocenters. The molecule has 0 saturated heterocycles. The number of aromatic nitrogens is 1. The molecule has 0 aliphatic heterocycles. The maximum atomic E-state index is 5.54. The fourth-order valence-corrected chi connectivity index (χ4v) is 2.31. The van der Waals surface area contributed by atoms with Gasteiger partial charge in [-0.25, -0.2) is 4.98 Å². The van der Waals surface area contributed by atoms with Crippen LogP contribution < -0.4 is 15.0 Å². The zero-order valence-corrected chi connectivity index (χ0v) is 13.5. The van der Waals surface area contributed by atoms with Crippen LogP contribution in [0.25, 0.3) is 0 Å². The summed E-state index contributed by atoms with van der Waals surface area (Å²) >= 11 is 0. The molecule has 4 nitrogen and oxygen atoms in total. The zero-order chi connectivity index (χ0) is 15.6. The lowest BCUT2D eigenvalue weighted by atomic mass is 10.2. The number of nitrogens with one attached hydrogen (secondary N) is 1. The van der Waals surface area contributed by atoms with Crippen molar-refractivity contribution in [2.75, 3.05) is 31.1 Å². The summed E-state index contributed by atoms with van der Waals surface area (Å²) in [6.45, 7) is 8.71. The summed E-state index contributed by atoms with van der Waals surface area (Å²) in [6, 6.07) is 14.4. The highest BCUT2D eigenvalue weighted by atomic mass is 16.5. The Hall–Kier alpha value is -2.07. The van der Waals surface area contributed by atoms with Gasteiger partial charge in [0.15, 0.2) is 0 Å². The van der Waals surface area contributed by atoms with Crippen LogP contribution in [-0.4, -0.2) is 31.2 Å². The Labute approximate surface area is 133 Å².